The van der Waals surface area contributed by atoms with Crippen molar-refractivity contribution in [3.05, 3.63) is 29.3 Å². The van der Waals surface area contributed by atoms with Crippen LogP contribution in [0.1, 0.15) is 24.0 Å². The van der Waals surface area contributed by atoms with E-state index in [-0.39, 0.29) is 5.25 Å². The van der Waals surface area contributed by atoms with Crippen molar-refractivity contribution in [2.75, 3.05) is 17.8 Å². The minimum absolute atomic E-state index is 0.328. The molecular weight excluding hydrogens is 248 g/mol. The lowest BCUT2D eigenvalue weighted by Crippen LogP contribution is -2.41. The summed E-state index contributed by atoms with van der Waals surface area (Å²) < 4.78 is 27.3. The molecule has 1 aliphatic heterocycles. The van der Waals surface area contributed by atoms with Crippen LogP contribution in [0.25, 0.3) is 0 Å². The molecule has 100 valence electrons. The summed E-state index contributed by atoms with van der Waals surface area (Å²) >= 11 is 0. The number of piperidine rings is 1. The Bertz CT molecular complexity index is 520. The number of aryl methyl sites for hydroxylation is 2. The lowest BCUT2D eigenvalue weighted by Gasteiger charge is -2.24. The van der Waals surface area contributed by atoms with Crippen molar-refractivity contribution in [1.82, 2.24) is 5.32 Å². The molecule has 5 heteroatoms. The van der Waals surface area contributed by atoms with Crippen LogP contribution in [0.15, 0.2) is 18.2 Å². The molecule has 0 radical (unpaired) electrons. The summed E-state index contributed by atoms with van der Waals surface area (Å²) in [6.07, 6.45) is 1.64. The van der Waals surface area contributed by atoms with Crippen molar-refractivity contribution in [2.45, 2.75) is 31.9 Å². The van der Waals surface area contributed by atoms with Gasteiger partial charge in [-0.3, -0.25) is 4.72 Å². The molecule has 0 saturated carbocycles. The summed E-state index contributed by atoms with van der Waals surface area (Å²) in [7, 11) is -3.29. The summed E-state index contributed by atoms with van der Waals surface area (Å²) in [5, 5.41) is 2.81. The second-order valence-electron chi connectivity index (χ2n) is 4.93. The summed E-state index contributed by atoms with van der Waals surface area (Å²) in [6.45, 7) is 5.32. The van der Waals surface area contributed by atoms with Crippen molar-refractivity contribution in [3.8, 4) is 0 Å². The largest absolute Gasteiger partial charge is 0.315 e. The number of sulfonamides is 1. The predicted molar refractivity (Wildman–Crippen MR) is 74.4 cm³/mol. The van der Waals surface area contributed by atoms with E-state index in [1.807, 2.05) is 32.0 Å². The maximum absolute atomic E-state index is 12.3. The van der Waals surface area contributed by atoms with Crippen LogP contribution in [-0.2, 0) is 10.0 Å². The highest BCUT2D eigenvalue weighted by molar-refractivity contribution is 7.93. The molecule has 1 atom stereocenters. The first-order valence-corrected chi connectivity index (χ1v) is 7.83. The Hall–Kier alpha value is -1.07. The number of hydrogen-bond acceptors (Lipinski definition) is 3. The highest BCUT2D eigenvalue weighted by Gasteiger charge is 2.27. The van der Waals surface area contributed by atoms with E-state index in [0.717, 1.165) is 30.5 Å². The van der Waals surface area contributed by atoms with Crippen LogP contribution in [0, 0.1) is 13.8 Å². The molecule has 2 rings (SSSR count). The van der Waals surface area contributed by atoms with E-state index in [9.17, 15) is 8.42 Å². The van der Waals surface area contributed by atoms with Crippen molar-refractivity contribution in [2.24, 2.45) is 0 Å². The first kappa shape index (κ1) is 13.4. The third kappa shape index (κ3) is 3.03. The second kappa shape index (κ2) is 5.28. The zero-order valence-electron chi connectivity index (χ0n) is 10.9. The molecule has 0 amide bonds. The Morgan fingerprint density at radius 3 is 2.78 bits per heavy atom. The molecule has 1 saturated heterocycles. The predicted octanol–water partition coefficient (Wildman–Crippen LogP) is 1.80. The molecule has 0 aromatic heterocycles. The Labute approximate surface area is 109 Å². The molecule has 0 bridgehead atoms. The lowest BCUT2D eigenvalue weighted by atomic mass is 10.1. The van der Waals surface area contributed by atoms with E-state index in [4.69, 9.17) is 0 Å². The van der Waals surface area contributed by atoms with Gasteiger partial charge in [0.1, 0.15) is 0 Å². The normalized spacial score (nSPS) is 20.7. The lowest BCUT2D eigenvalue weighted by molar-refractivity contribution is 0.499. The van der Waals surface area contributed by atoms with E-state index >= 15 is 0 Å². The minimum atomic E-state index is -3.29. The van der Waals surface area contributed by atoms with Gasteiger partial charge >= 0.3 is 0 Å². The van der Waals surface area contributed by atoms with E-state index in [1.54, 1.807) is 0 Å². The maximum atomic E-state index is 12.3. The van der Waals surface area contributed by atoms with Crippen molar-refractivity contribution >= 4 is 15.7 Å². The molecule has 1 fully saturated rings. The minimum Gasteiger partial charge on any atom is -0.315 e. The van der Waals surface area contributed by atoms with Crippen LogP contribution >= 0.6 is 0 Å². The Kier molecular flexibility index (Phi) is 3.92. The molecule has 1 heterocycles. The average molecular weight is 268 g/mol. The van der Waals surface area contributed by atoms with E-state index in [2.05, 4.69) is 10.0 Å². The zero-order chi connectivity index (χ0) is 13.2. The fourth-order valence-electron chi connectivity index (χ4n) is 2.17. The van der Waals surface area contributed by atoms with Gasteiger partial charge in [-0.25, -0.2) is 8.42 Å². The van der Waals surface area contributed by atoms with Crippen LogP contribution in [-0.4, -0.2) is 26.8 Å². The molecule has 1 aromatic carbocycles. The smallest absolute Gasteiger partial charge is 0.236 e. The number of rotatable bonds is 3. The second-order valence-corrected chi connectivity index (χ2v) is 6.89. The average Bonchev–Trinajstić information content (AvgIpc) is 2.35. The van der Waals surface area contributed by atoms with Crippen LogP contribution < -0.4 is 10.0 Å². The molecular formula is C13H20N2O2S. The van der Waals surface area contributed by atoms with Gasteiger partial charge in [0.05, 0.1) is 10.9 Å². The fraction of sp³-hybridized carbons (Fsp3) is 0.538. The fourth-order valence-corrected chi connectivity index (χ4v) is 3.67. The molecule has 4 nitrogen and oxygen atoms in total. The van der Waals surface area contributed by atoms with Gasteiger partial charge in [0.2, 0.25) is 10.0 Å². The Balaban J connectivity index is 2.18. The standard InChI is InChI=1S/C13H20N2O2S/c1-10-5-6-11(2)13(8-10)15-18(16,17)12-4-3-7-14-9-12/h5-6,8,12,14-15H,3-4,7,9H2,1-2H3. The van der Waals surface area contributed by atoms with E-state index in [0.29, 0.717) is 12.2 Å². The SMILES string of the molecule is Cc1ccc(C)c(NS(=O)(=O)C2CCCNC2)c1. The summed E-state index contributed by atoms with van der Waals surface area (Å²) in [5.74, 6) is 0. The van der Waals surface area contributed by atoms with Gasteiger partial charge in [-0.15, -0.1) is 0 Å². The van der Waals surface area contributed by atoms with Crippen molar-refractivity contribution < 1.29 is 8.42 Å². The third-order valence-corrected chi connectivity index (χ3v) is 5.12. The number of benzene rings is 1. The van der Waals surface area contributed by atoms with Gasteiger partial charge in [-0.2, -0.15) is 0 Å². The Morgan fingerprint density at radius 1 is 1.33 bits per heavy atom. The first-order chi connectivity index (χ1) is 8.49. The highest BCUT2D eigenvalue weighted by Crippen LogP contribution is 2.21. The molecule has 0 aliphatic carbocycles. The van der Waals surface area contributed by atoms with Crippen molar-refractivity contribution in [3.63, 3.8) is 0 Å². The van der Waals surface area contributed by atoms with Crippen LogP contribution in [0.4, 0.5) is 5.69 Å². The summed E-state index contributed by atoms with van der Waals surface area (Å²) in [4.78, 5) is 0. The van der Waals surface area contributed by atoms with Crippen molar-refractivity contribution in [1.29, 1.82) is 0 Å². The highest BCUT2D eigenvalue weighted by atomic mass is 32.2. The monoisotopic (exact) mass is 268 g/mol. The number of nitrogens with one attached hydrogen (secondary N) is 2. The zero-order valence-corrected chi connectivity index (χ0v) is 11.7. The summed E-state index contributed by atoms with van der Waals surface area (Å²) in [5.41, 5.74) is 2.70. The van der Waals surface area contributed by atoms with Crippen LogP contribution in [0.3, 0.4) is 0 Å². The van der Waals surface area contributed by atoms with Gasteiger partial charge in [0.25, 0.3) is 0 Å². The van der Waals surface area contributed by atoms with Gasteiger partial charge < -0.3 is 5.32 Å². The first-order valence-electron chi connectivity index (χ1n) is 6.28. The van der Waals surface area contributed by atoms with Gasteiger partial charge in [-0.1, -0.05) is 12.1 Å². The van der Waals surface area contributed by atoms with E-state index < -0.39 is 10.0 Å². The number of anilines is 1. The van der Waals surface area contributed by atoms with E-state index in [1.165, 1.54) is 0 Å². The third-order valence-electron chi connectivity index (χ3n) is 3.34. The number of hydrogen-bond donors (Lipinski definition) is 2. The molecule has 0 spiro atoms. The molecule has 18 heavy (non-hydrogen) atoms. The van der Waals surface area contributed by atoms with Crippen LogP contribution in [0.2, 0.25) is 0 Å². The molecule has 1 unspecified atom stereocenters. The summed E-state index contributed by atoms with van der Waals surface area (Å²) in [6, 6.07) is 5.80. The molecule has 2 N–H and O–H groups in total. The Morgan fingerprint density at radius 2 is 2.11 bits per heavy atom. The van der Waals surface area contributed by atoms with Gasteiger partial charge in [0, 0.05) is 6.54 Å². The molecule has 1 aromatic rings. The van der Waals surface area contributed by atoms with Crippen LogP contribution in [0.5, 0.6) is 0 Å². The van der Waals surface area contributed by atoms with Gasteiger partial charge in [-0.05, 0) is 50.4 Å². The van der Waals surface area contributed by atoms with Gasteiger partial charge in [0.15, 0.2) is 0 Å². The maximum Gasteiger partial charge on any atom is 0.236 e. The molecule has 1 aliphatic rings. The topological polar surface area (TPSA) is 58.2 Å². The quantitative estimate of drug-likeness (QED) is 0.879.